The Bertz CT molecular complexity index is 1010. The molecule has 1 aliphatic carbocycles. The van der Waals surface area contributed by atoms with Crippen LogP contribution >= 0.6 is 31.9 Å². The molecule has 2 heteroatoms. The van der Waals surface area contributed by atoms with Crippen LogP contribution in [-0.4, -0.2) is 10.7 Å². The van der Waals surface area contributed by atoms with Crippen LogP contribution < -0.4 is 10.4 Å². The zero-order valence-corrected chi connectivity index (χ0v) is 16.5. The van der Waals surface area contributed by atoms with Crippen LogP contribution in [0.1, 0.15) is 12.0 Å². The molecule has 120 valence electrons. The van der Waals surface area contributed by atoms with Crippen LogP contribution in [0.5, 0.6) is 0 Å². The van der Waals surface area contributed by atoms with Gasteiger partial charge in [0.05, 0.1) is 0 Å². The molecule has 0 N–H and O–H groups in total. The molecule has 0 amide bonds. The van der Waals surface area contributed by atoms with E-state index >= 15 is 0 Å². The predicted molar refractivity (Wildman–Crippen MR) is 111 cm³/mol. The van der Waals surface area contributed by atoms with Crippen molar-refractivity contribution in [1.82, 2.24) is 0 Å². The predicted octanol–water partition coefficient (Wildman–Crippen LogP) is 5.00. The minimum Gasteiger partial charge on any atom is -0.0918 e. The van der Waals surface area contributed by atoms with Gasteiger partial charge in [0.1, 0.15) is 0 Å². The Balaban J connectivity index is 2.18. The number of alkyl halides is 2. The summed E-state index contributed by atoms with van der Waals surface area (Å²) in [5.41, 5.74) is 2.87. The molecule has 0 spiro atoms. The first-order chi connectivity index (χ1) is 11.8. The fraction of sp³-hybridized carbons (Fsp3) is 0.182. The van der Waals surface area contributed by atoms with E-state index in [1.807, 2.05) is 0 Å². The third-order valence-corrected chi connectivity index (χ3v) is 7.19. The lowest BCUT2D eigenvalue weighted by Crippen LogP contribution is -2.41. The van der Waals surface area contributed by atoms with Gasteiger partial charge in [-0.15, -0.1) is 0 Å². The van der Waals surface area contributed by atoms with Crippen molar-refractivity contribution >= 4 is 54.3 Å². The molecule has 0 atom stereocenters. The Morgan fingerprint density at radius 3 is 2.33 bits per heavy atom. The quantitative estimate of drug-likeness (QED) is 0.501. The fourth-order valence-corrected chi connectivity index (χ4v) is 5.70. The maximum atomic E-state index is 3.81. The minimum atomic E-state index is 0.0679. The largest absolute Gasteiger partial charge is 0.0918 e. The number of hydrogen-bond donors (Lipinski definition) is 0. The van der Waals surface area contributed by atoms with Gasteiger partial charge in [0.2, 0.25) is 0 Å². The molecule has 1 aliphatic rings. The molecule has 4 rings (SSSR count). The third kappa shape index (κ3) is 2.48. The summed E-state index contributed by atoms with van der Waals surface area (Å²) in [5.74, 6) is 0. The standard InChI is InChI=1S/C22H18Br2/c23-14-22(15-24)13-12-17-7-2-4-10-19(17)21(22)20-11-5-8-16-6-1-3-9-18(16)20/h1-12H,13-15H2. The van der Waals surface area contributed by atoms with Gasteiger partial charge in [-0.1, -0.05) is 105 Å². The maximum Gasteiger partial charge on any atom is 0.0194 e. The van der Waals surface area contributed by atoms with Gasteiger partial charge in [-0.05, 0) is 38.8 Å². The first-order valence-corrected chi connectivity index (χ1v) is 10.4. The van der Waals surface area contributed by atoms with Crippen molar-refractivity contribution in [3.8, 4) is 0 Å². The number of fused-ring (bicyclic) bond motifs is 2. The molecule has 3 aromatic rings. The molecule has 24 heavy (non-hydrogen) atoms. The van der Waals surface area contributed by atoms with E-state index in [-0.39, 0.29) is 5.41 Å². The highest BCUT2D eigenvalue weighted by Gasteiger charge is 2.35. The van der Waals surface area contributed by atoms with Crippen LogP contribution in [0.25, 0.3) is 22.4 Å². The Labute approximate surface area is 159 Å². The van der Waals surface area contributed by atoms with Crippen molar-refractivity contribution in [2.45, 2.75) is 6.42 Å². The van der Waals surface area contributed by atoms with E-state index in [1.54, 1.807) is 0 Å². The second kappa shape index (κ2) is 6.50. The van der Waals surface area contributed by atoms with Crippen LogP contribution in [0.3, 0.4) is 0 Å². The molecule has 0 nitrogen and oxygen atoms in total. The molecular formula is C22H18Br2. The van der Waals surface area contributed by atoms with Gasteiger partial charge >= 0.3 is 0 Å². The average molecular weight is 442 g/mol. The lowest BCUT2D eigenvalue weighted by molar-refractivity contribution is 0.547. The van der Waals surface area contributed by atoms with Crippen LogP contribution in [0, 0.1) is 5.41 Å². The number of rotatable bonds is 3. The normalized spacial score (nSPS) is 15.8. The number of hydrogen-bond acceptors (Lipinski definition) is 0. The van der Waals surface area contributed by atoms with Crippen LogP contribution in [0.2, 0.25) is 0 Å². The Hall–Kier alpha value is -1.38. The summed E-state index contributed by atoms with van der Waals surface area (Å²) in [7, 11) is 0. The summed E-state index contributed by atoms with van der Waals surface area (Å²) in [6, 6.07) is 24.1. The van der Waals surface area contributed by atoms with E-state index in [0.717, 1.165) is 17.1 Å². The molecule has 0 aromatic heterocycles. The molecule has 0 heterocycles. The van der Waals surface area contributed by atoms with E-state index in [4.69, 9.17) is 0 Å². The zero-order chi connectivity index (χ0) is 16.6. The summed E-state index contributed by atoms with van der Waals surface area (Å²) >= 11 is 7.62. The molecule has 0 saturated carbocycles. The second-order valence-corrected chi connectivity index (χ2v) is 7.57. The van der Waals surface area contributed by atoms with E-state index in [0.29, 0.717) is 0 Å². The Morgan fingerprint density at radius 2 is 1.50 bits per heavy atom. The first kappa shape index (κ1) is 16.1. The lowest BCUT2D eigenvalue weighted by atomic mass is 9.73. The van der Waals surface area contributed by atoms with Crippen LogP contribution in [0.15, 0.2) is 66.7 Å². The van der Waals surface area contributed by atoms with Gasteiger partial charge in [-0.3, -0.25) is 0 Å². The monoisotopic (exact) mass is 440 g/mol. The van der Waals surface area contributed by atoms with Crippen LogP contribution in [-0.2, 0) is 0 Å². The summed E-state index contributed by atoms with van der Waals surface area (Å²) in [6.07, 6.45) is 3.42. The zero-order valence-electron chi connectivity index (χ0n) is 13.3. The highest BCUT2D eigenvalue weighted by molar-refractivity contribution is 9.09. The molecule has 0 aliphatic heterocycles. The lowest BCUT2D eigenvalue weighted by Gasteiger charge is -2.35. The van der Waals surface area contributed by atoms with Gasteiger partial charge < -0.3 is 0 Å². The van der Waals surface area contributed by atoms with E-state index < -0.39 is 0 Å². The molecule has 0 radical (unpaired) electrons. The van der Waals surface area contributed by atoms with Crippen molar-refractivity contribution in [3.63, 3.8) is 0 Å². The van der Waals surface area contributed by atoms with Crippen molar-refractivity contribution in [1.29, 1.82) is 0 Å². The van der Waals surface area contributed by atoms with Gasteiger partial charge in [-0.2, -0.15) is 0 Å². The van der Waals surface area contributed by atoms with E-state index in [9.17, 15) is 0 Å². The van der Waals surface area contributed by atoms with Gasteiger partial charge in [0.15, 0.2) is 0 Å². The highest BCUT2D eigenvalue weighted by atomic mass is 79.9. The van der Waals surface area contributed by atoms with Crippen LogP contribution in [0.4, 0.5) is 0 Å². The average Bonchev–Trinajstić information content (AvgIpc) is 2.66. The topological polar surface area (TPSA) is 0 Å². The molecule has 3 aromatic carbocycles. The van der Waals surface area contributed by atoms with Gasteiger partial charge in [-0.25, -0.2) is 0 Å². The minimum absolute atomic E-state index is 0.0679. The third-order valence-electron chi connectivity index (χ3n) is 5.04. The first-order valence-electron chi connectivity index (χ1n) is 8.19. The SMILES string of the molecule is BrCC1(CBr)CC=c2ccccc2=C1c1cccc2ccccc12. The summed E-state index contributed by atoms with van der Waals surface area (Å²) in [4.78, 5) is 0. The smallest absolute Gasteiger partial charge is 0.0194 e. The number of benzene rings is 3. The molecule has 0 saturated heterocycles. The van der Waals surface area contributed by atoms with Crippen molar-refractivity contribution in [3.05, 3.63) is 82.7 Å². The number of halogens is 2. The molecule has 0 fully saturated rings. The van der Waals surface area contributed by atoms with Gasteiger partial charge in [0, 0.05) is 16.1 Å². The van der Waals surface area contributed by atoms with E-state index in [1.165, 1.54) is 32.3 Å². The summed E-state index contributed by atoms with van der Waals surface area (Å²) in [5, 5.41) is 7.21. The molecule has 0 unspecified atom stereocenters. The van der Waals surface area contributed by atoms with E-state index in [2.05, 4.69) is 105 Å². The van der Waals surface area contributed by atoms with Crippen molar-refractivity contribution in [2.24, 2.45) is 5.41 Å². The highest BCUT2D eigenvalue weighted by Crippen LogP contribution is 2.43. The Morgan fingerprint density at radius 1 is 0.792 bits per heavy atom. The molecular weight excluding hydrogens is 424 g/mol. The van der Waals surface area contributed by atoms with Crippen molar-refractivity contribution < 1.29 is 0 Å². The Kier molecular flexibility index (Phi) is 4.36. The molecule has 0 bridgehead atoms. The summed E-state index contributed by atoms with van der Waals surface area (Å²) < 4.78 is 0. The fourth-order valence-electron chi connectivity index (χ4n) is 3.75. The summed E-state index contributed by atoms with van der Waals surface area (Å²) in [6.45, 7) is 0. The second-order valence-electron chi connectivity index (χ2n) is 6.44. The maximum absolute atomic E-state index is 3.81. The van der Waals surface area contributed by atoms with Gasteiger partial charge in [0.25, 0.3) is 0 Å². The van der Waals surface area contributed by atoms with Crippen molar-refractivity contribution in [2.75, 3.05) is 10.7 Å².